The van der Waals surface area contributed by atoms with E-state index >= 15 is 0 Å². The van der Waals surface area contributed by atoms with Gasteiger partial charge in [0.05, 0.1) is 11.7 Å². The first-order chi connectivity index (χ1) is 13.1. The highest BCUT2D eigenvalue weighted by Gasteiger charge is 2.18. The van der Waals surface area contributed by atoms with Gasteiger partial charge in [-0.3, -0.25) is 4.79 Å². The summed E-state index contributed by atoms with van der Waals surface area (Å²) in [5.41, 5.74) is 4.55. The van der Waals surface area contributed by atoms with Gasteiger partial charge in [-0.15, -0.1) is 5.10 Å². The molecule has 0 aliphatic rings. The monoisotopic (exact) mass is 359 g/mol. The molecule has 1 aromatic heterocycles. The highest BCUT2D eigenvalue weighted by atomic mass is 16.3. The van der Waals surface area contributed by atoms with Crippen molar-refractivity contribution in [3.63, 3.8) is 0 Å². The number of benzene rings is 3. The van der Waals surface area contributed by atoms with Crippen LogP contribution in [0.25, 0.3) is 21.8 Å². The third-order valence-electron chi connectivity index (χ3n) is 4.44. The molecule has 0 aliphatic heterocycles. The quantitative estimate of drug-likeness (QED) is 0.433. The summed E-state index contributed by atoms with van der Waals surface area (Å²) in [5.74, 6) is -0.233. The Labute approximate surface area is 154 Å². The summed E-state index contributed by atoms with van der Waals surface area (Å²) in [6.07, 6.45) is 1.45. The number of amides is 1. The minimum absolute atomic E-state index is 0.0991. The molecule has 2 N–H and O–H groups in total. The molecular formula is C20H17N5O2. The maximum atomic E-state index is 12.4. The van der Waals surface area contributed by atoms with Crippen molar-refractivity contribution in [2.45, 2.75) is 13.0 Å². The van der Waals surface area contributed by atoms with Gasteiger partial charge in [-0.05, 0) is 35.9 Å². The summed E-state index contributed by atoms with van der Waals surface area (Å²) >= 11 is 0. The zero-order chi connectivity index (χ0) is 18.8. The van der Waals surface area contributed by atoms with Crippen molar-refractivity contribution in [3.05, 3.63) is 66.2 Å². The van der Waals surface area contributed by atoms with Crippen molar-refractivity contribution in [2.24, 2.45) is 5.10 Å². The smallest absolute Gasteiger partial charge is 0.264 e. The van der Waals surface area contributed by atoms with Gasteiger partial charge >= 0.3 is 0 Å². The van der Waals surface area contributed by atoms with E-state index in [0.717, 1.165) is 21.8 Å². The third kappa shape index (κ3) is 3.10. The van der Waals surface area contributed by atoms with Crippen molar-refractivity contribution >= 4 is 33.9 Å². The van der Waals surface area contributed by atoms with Crippen LogP contribution in [0.3, 0.4) is 0 Å². The molecule has 1 amide bonds. The Kier molecular flexibility index (Phi) is 4.25. The lowest BCUT2D eigenvalue weighted by atomic mass is 10.0. The Balaban J connectivity index is 1.55. The average Bonchev–Trinajstić information content (AvgIpc) is 3.13. The van der Waals surface area contributed by atoms with Crippen LogP contribution in [-0.4, -0.2) is 32.2 Å². The molecule has 3 aromatic carbocycles. The molecule has 27 heavy (non-hydrogen) atoms. The molecule has 0 saturated carbocycles. The van der Waals surface area contributed by atoms with Gasteiger partial charge in [0.1, 0.15) is 17.3 Å². The minimum Gasteiger partial charge on any atom is -0.507 e. The van der Waals surface area contributed by atoms with E-state index < -0.39 is 6.04 Å². The number of aromatic hydroxyl groups is 1. The Morgan fingerprint density at radius 2 is 1.93 bits per heavy atom. The lowest BCUT2D eigenvalue weighted by molar-refractivity contribution is -0.124. The molecule has 7 nitrogen and oxygen atoms in total. The predicted molar refractivity (Wildman–Crippen MR) is 104 cm³/mol. The second-order valence-electron chi connectivity index (χ2n) is 6.15. The summed E-state index contributed by atoms with van der Waals surface area (Å²) in [6, 6.07) is 17.9. The van der Waals surface area contributed by atoms with Gasteiger partial charge in [-0.1, -0.05) is 47.7 Å². The van der Waals surface area contributed by atoms with E-state index in [1.807, 2.05) is 54.6 Å². The van der Waals surface area contributed by atoms with E-state index in [2.05, 4.69) is 20.8 Å². The van der Waals surface area contributed by atoms with Gasteiger partial charge in [-0.25, -0.2) is 10.1 Å². The molecule has 134 valence electrons. The van der Waals surface area contributed by atoms with E-state index in [4.69, 9.17) is 0 Å². The summed E-state index contributed by atoms with van der Waals surface area (Å²) in [6.45, 7) is 1.72. The van der Waals surface area contributed by atoms with Crippen LogP contribution in [0.1, 0.15) is 18.5 Å². The summed E-state index contributed by atoms with van der Waals surface area (Å²) in [7, 11) is 0. The molecule has 0 aliphatic carbocycles. The number of nitrogens with zero attached hydrogens (tertiary/aromatic N) is 4. The molecule has 1 unspecified atom stereocenters. The zero-order valence-corrected chi connectivity index (χ0v) is 14.6. The lowest BCUT2D eigenvalue weighted by Crippen LogP contribution is -2.28. The number of aromatic nitrogens is 3. The van der Waals surface area contributed by atoms with Gasteiger partial charge in [0.25, 0.3) is 5.91 Å². The molecule has 0 fully saturated rings. The Bertz CT molecular complexity index is 1170. The molecule has 0 spiro atoms. The van der Waals surface area contributed by atoms with Crippen molar-refractivity contribution in [2.75, 3.05) is 0 Å². The number of fused-ring (bicyclic) bond motifs is 2. The summed E-state index contributed by atoms with van der Waals surface area (Å²) in [5, 5.41) is 24.1. The second-order valence-corrected chi connectivity index (χ2v) is 6.15. The fourth-order valence-corrected chi connectivity index (χ4v) is 2.96. The molecule has 4 rings (SSSR count). The largest absolute Gasteiger partial charge is 0.507 e. The van der Waals surface area contributed by atoms with Crippen LogP contribution in [0, 0.1) is 0 Å². The highest BCUT2D eigenvalue weighted by Crippen LogP contribution is 2.25. The van der Waals surface area contributed by atoms with Crippen LogP contribution in [0.15, 0.2) is 65.8 Å². The Morgan fingerprint density at radius 3 is 2.81 bits per heavy atom. The van der Waals surface area contributed by atoms with Crippen LogP contribution in [0.5, 0.6) is 5.75 Å². The highest BCUT2D eigenvalue weighted by molar-refractivity contribution is 6.02. The molecule has 0 bridgehead atoms. The zero-order valence-electron chi connectivity index (χ0n) is 14.6. The fourth-order valence-electron chi connectivity index (χ4n) is 2.96. The third-order valence-corrected chi connectivity index (χ3v) is 4.44. The van der Waals surface area contributed by atoms with E-state index in [0.29, 0.717) is 5.56 Å². The van der Waals surface area contributed by atoms with Crippen LogP contribution in [-0.2, 0) is 4.79 Å². The second kappa shape index (κ2) is 6.87. The molecule has 7 heteroatoms. The molecule has 0 radical (unpaired) electrons. The van der Waals surface area contributed by atoms with Gasteiger partial charge in [0, 0.05) is 5.56 Å². The van der Waals surface area contributed by atoms with Crippen molar-refractivity contribution in [1.29, 1.82) is 0 Å². The topological polar surface area (TPSA) is 92.4 Å². The number of para-hydroxylation sites is 1. The van der Waals surface area contributed by atoms with Gasteiger partial charge in [0.2, 0.25) is 0 Å². The van der Waals surface area contributed by atoms with Crippen LogP contribution in [0.4, 0.5) is 0 Å². The fraction of sp³-hybridized carbons (Fsp3) is 0.100. The van der Waals surface area contributed by atoms with Crippen molar-refractivity contribution < 1.29 is 9.90 Å². The van der Waals surface area contributed by atoms with E-state index in [1.54, 1.807) is 17.7 Å². The number of carbonyl (C=O) groups excluding carboxylic acids is 1. The van der Waals surface area contributed by atoms with E-state index in [9.17, 15) is 9.90 Å². The Hall–Kier alpha value is -3.74. The Morgan fingerprint density at radius 1 is 1.15 bits per heavy atom. The number of hydrazone groups is 1. The van der Waals surface area contributed by atoms with Crippen molar-refractivity contribution in [1.82, 2.24) is 20.4 Å². The average molecular weight is 359 g/mol. The number of carbonyl (C=O) groups is 1. The van der Waals surface area contributed by atoms with Gasteiger partial charge in [0.15, 0.2) is 0 Å². The molecule has 0 saturated heterocycles. The molecule has 1 atom stereocenters. The van der Waals surface area contributed by atoms with Crippen molar-refractivity contribution in [3.8, 4) is 5.75 Å². The maximum absolute atomic E-state index is 12.4. The van der Waals surface area contributed by atoms with Crippen LogP contribution >= 0.6 is 0 Å². The van der Waals surface area contributed by atoms with Gasteiger partial charge < -0.3 is 5.11 Å². The SMILES string of the molecule is CC(C(=O)N/N=C/c1c(O)ccc2ccccc12)n1nnc2ccccc21. The maximum Gasteiger partial charge on any atom is 0.264 e. The van der Waals surface area contributed by atoms with Crippen LogP contribution < -0.4 is 5.43 Å². The number of rotatable bonds is 4. The van der Waals surface area contributed by atoms with E-state index in [1.165, 1.54) is 6.21 Å². The summed E-state index contributed by atoms with van der Waals surface area (Å²) in [4.78, 5) is 12.4. The van der Waals surface area contributed by atoms with Gasteiger partial charge in [-0.2, -0.15) is 5.10 Å². The summed E-state index contributed by atoms with van der Waals surface area (Å²) < 4.78 is 1.55. The first-order valence-electron chi connectivity index (χ1n) is 8.49. The normalized spacial score (nSPS) is 12.6. The number of hydrogen-bond donors (Lipinski definition) is 2. The molecular weight excluding hydrogens is 342 g/mol. The standard InChI is InChI=1S/C20H17N5O2/c1-13(25-18-9-5-4-8-17(18)22-24-25)20(27)23-21-12-16-15-7-3-2-6-14(15)10-11-19(16)26/h2-13,26H,1H3,(H,23,27)/b21-12+. The minimum atomic E-state index is -0.587. The lowest BCUT2D eigenvalue weighted by Gasteiger charge is -2.10. The predicted octanol–water partition coefficient (Wildman–Crippen LogP) is 3.00. The number of phenolic OH excluding ortho intramolecular Hbond substituents is 1. The number of nitrogens with one attached hydrogen (secondary N) is 1. The van der Waals surface area contributed by atoms with Crippen LogP contribution in [0.2, 0.25) is 0 Å². The first kappa shape index (κ1) is 16.7. The first-order valence-corrected chi connectivity index (χ1v) is 8.49. The van der Waals surface area contributed by atoms with E-state index in [-0.39, 0.29) is 11.7 Å². The number of phenols is 1. The molecule has 1 heterocycles. The number of hydrogen-bond acceptors (Lipinski definition) is 5. The molecule has 4 aromatic rings.